The van der Waals surface area contributed by atoms with Crippen LogP contribution in [0.1, 0.15) is 219 Å². The van der Waals surface area contributed by atoms with Crippen LogP contribution in [0.25, 0.3) is 0 Å². The maximum absolute atomic E-state index is 12.4. The molecule has 0 rings (SSSR count). The van der Waals surface area contributed by atoms with Crippen molar-refractivity contribution >= 4 is 5.91 Å². The molecule has 0 spiro atoms. The second kappa shape index (κ2) is 39.0. The van der Waals surface area contributed by atoms with Crippen molar-refractivity contribution in [1.82, 2.24) is 5.32 Å². The molecule has 0 aromatic rings. The first kappa shape index (κ1) is 48.8. The topological polar surface area (TPSA) is 110 Å². The fraction of sp³-hybridized carbons (Fsp3) is 0.886. The van der Waals surface area contributed by atoms with Crippen LogP contribution in [-0.4, -0.2) is 57.3 Å². The molecule has 0 aromatic heterocycles. The fourth-order valence-electron chi connectivity index (χ4n) is 6.66. The molecule has 0 fully saturated rings. The van der Waals surface area contributed by atoms with Crippen LogP contribution in [-0.2, 0) is 4.79 Å². The molecule has 0 bridgehead atoms. The molecule has 50 heavy (non-hydrogen) atoms. The Labute approximate surface area is 310 Å². The molecule has 1 amide bonds. The van der Waals surface area contributed by atoms with Gasteiger partial charge in [0.05, 0.1) is 18.8 Å². The monoisotopic (exact) mass is 708 g/mol. The molecule has 296 valence electrons. The van der Waals surface area contributed by atoms with E-state index in [4.69, 9.17) is 0 Å². The summed E-state index contributed by atoms with van der Waals surface area (Å²) in [7, 11) is 0. The highest BCUT2D eigenvalue weighted by Crippen LogP contribution is 2.15. The summed E-state index contributed by atoms with van der Waals surface area (Å²) in [6, 6.07) is -1.00. The third-order valence-corrected chi connectivity index (χ3v) is 10.1. The Kier molecular flexibility index (Phi) is 38.1. The van der Waals surface area contributed by atoms with Gasteiger partial charge in [-0.05, 0) is 51.4 Å². The zero-order chi connectivity index (χ0) is 36.8. The van der Waals surface area contributed by atoms with E-state index in [2.05, 4.69) is 43.5 Å². The molecule has 6 heteroatoms. The van der Waals surface area contributed by atoms with Gasteiger partial charge in [-0.2, -0.15) is 0 Å². The Balaban J connectivity index is 3.70. The van der Waals surface area contributed by atoms with E-state index in [1.165, 1.54) is 148 Å². The Morgan fingerprint density at radius 2 is 0.840 bits per heavy atom. The van der Waals surface area contributed by atoms with E-state index in [9.17, 15) is 25.2 Å². The third-order valence-electron chi connectivity index (χ3n) is 10.1. The largest absolute Gasteiger partial charge is 0.394 e. The molecule has 4 atom stereocenters. The van der Waals surface area contributed by atoms with Crippen LogP contribution in [0.15, 0.2) is 24.3 Å². The van der Waals surface area contributed by atoms with Crippen molar-refractivity contribution in [2.45, 2.75) is 244 Å². The standard InChI is InChI=1S/C44H85NO5/c1-3-5-7-9-11-13-14-15-16-17-18-19-20-21-22-23-24-25-26-27-28-29-30-32-33-35-37-41(47)43(49)40(39-46)45-44(50)42(48)38-36-34-31-12-10-8-6-4-2/h26-27,30,32,40-43,46-49H,3-25,28-29,31,33-39H2,1-2H3,(H,45,50)/b27-26+,32-30+. The molecule has 6 nitrogen and oxygen atoms in total. The highest BCUT2D eigenvalue weighted by Gasteiger charge is 2.28. The molecular weight excluding hydrogens is 622 g/mol. The van der Waals surface area contributed by atoms with E-state index in [-0.39, 0.29) is 0 Å². The summed E-state index contributed by atoms with van der Waals surface area (Å²) < 4.78 is 0. The van der Waals surface area contributed by atoms with Gasteiger partial charge in [0.15, 0.2) is 0 Å². The lowest BCUT2D eigenvalue weighted by molar-refractivity contribution is -0.132. The number of carbonyl (C=O) groups is 1. The number of amides is 1. The number of carbonyl (C=O) groups excluding carboxylic acids is 1. The number of hydrogen-bond donors (Lipinski definition) is 5. The van der Waals surface area contributed by atoms with Crippen LogP contribution in [0, 0.1) is 0 Å². The normalized spacial score (nSPS) is 14.4. The Hall–Kier alpha value is -1.21. The molecule has 0 saturated carbocycles. The van der Waals surface area contributed by atoms with Gasteiger partial charge in [-0.25, -0.2) is 0 Å². The van der Waals surface area contributed by atoms with Crippen LogP contribution in [0.2, 0.25) is 0 Å². The highest BCUT2D eigenvalue weighted by atomic mass is 16.3. The molecule has 0 aliphatic rings. The van der Waals surface area contributed by atoms with E-state index < -0.39 is 36.9 Å². The van der Waals surface area contributed by atoms with Gasteiger partial charge in [0, 0.05) is 0 Å². The van der Waals surface area contributed by atoms with Gasteiger partial charge in [-0.1, -0.05) is 192 Å². The maximum atomic E-state index is 12.4. The van der Waals surface area contributed by atoms with Crippen molar-refractivity contribution in [1.29, 1.82) is 0 Å². The summed E-state index contributed by atoms with van der Waals surface area (Å²) in [5, 5.41) is 43.4. The second-order valence-corrected chi connectivity index (χ2v) is 15.0. The Morgan fingerprint density at radius 3 is 1.26 bits per heavy atom. The average Bonchev–Trinajstić information content (AvgIpc) is 3.12. The third kappa shape index (κ3) is 32.7. The zero-order valence-corrected chi connectivity index (χ0v) is 33.2. The van der Waals surface area contributed by atoms with Crippen molar-refractivity contribution in [2.24, 2.45) is 0 Å². The van der Waals surface area contributed by atoms with Crippen molar-refractivity contribution in [3.05, 3.63) is 24.3 Å². The molecule has 5 N–H and O–H groups in total. The van der Waals surface area contributed by atoms with E-state index in [1.54, 1.807) is 0 Å². The van der Waals surface area contributed by atoms with Crippen molar-refractivity contribution in [3.63, 3.8) is 0 Å². The lowest BCUT2D eigenvalue weighted by atomic mass is 10.00. The lowest BCUT2D eigenvalue weighted by Crippen LogP contribution is -2.53. The number of aliphatic hydroxyl groups is 4. The first-order chi connectivity index (χ1) is 24.5. The highest BCUT2D eigenvalue weighted by molar-refractivity contribution is 5.80. The fourth-order valence-corrected chi connectivity index (χ4v) is 6.66. The summed E-state index contributed by atoms with van der Waals surface area (Å²) in [5.41, 5.74) is 0. The predicted octanol–water partition coefficient (Wildman–Crippen LogP) is 11.2. The molecule has 0 aliphatic heterocycles. The van der Waals surface area contributed by atoms with Crippen LogP contribution >= 0.6 is 0 Å². The Morgan fingerprint density at radius 1 is 0.480 bits per heavy atom. The molecule has 0 aromatic carbocycles. The summed E-state index contributed by atoms with van der Waals surface area (Å²) in [6.45, 7) is 3.99. The van der Waals surface area contributed by atoms with Gasteiger partial charge < -0.3 is 25.7 Å². The van der Waals surface area contributed by atoms with Crippen molar-refractivity contribution in [3.8, 4) is 0 Å². The summed E-state index contributed by atoms with van der Waals surface area (Å²) >= 11 is 0. The molecule has 0 radical (unpaired) electrons. The lowest BCUT2D eigenvalue weighted by Gasteiger charge is -2.27. The van der Waals surface area contributed by atoms with Gasteiger partial charge in [-0.15, -0.1) is 0 Å². The number of nitrogens with one attached hydrogen (secondary N) is 1. The molecule has 0 heterocycles. The van der Waals surface area contributed by atoms with Crippen LogP contribution < -0.4 is 5.32 Å². The number of unbranched alkanes of at least 4 members (excludes halogenated alkanes) is 26. The van der Waals surface area contributed by atoms with Gasteiger partial charge in [0.1, 0.15) is 12.2 Å². The summed E-state index contributed by atoms with van der Waals surface area (Å²) in [4.78, 5) is 12.4. The second-order valence-electron chi connectivity index (χ2n) is 15.0. The first-order valence-corrected chi connectivity index (χ1v) is 21.7. The summed E-state index contributed by atoms with van der Waals surface area (Å²) in [6.07, 6.45) is 43.9. The number of aliphatic hydroxyl groups excluding tert-OH is 4. The predicted molar refractivity (Wildman–Crippen MR) is 214 cm³/mol. The minimum atomic E-state index is -1.28. The molecule has 0 saturated heterocycles. The first-order valence-electron chi connectivity index (χ1n) is 21.7. The van der Waals surface area contributed by atoms with Crippen LogP contribution in [0.4, 0.5) is 0 Å². The zero-order valence-electron chi connectivity index (χ0n) is 33.2. The average molecular weight is 708 g/mol. The van der Waals surface area contributed by atoms with Crippen molar-refractivity contribution < 1.29 is 25.2 Å². The smallest absolute Gasteiger partial charge is 0.249 e. The Bertz CT molecular complexity index is 757. The van der Waals surface area contributed by atoms with E-state index >= 15 is 0 Å². The molecule has 4 unspecified atom stereocenters. The molecule has 0 aliphatic carbocycles. The SMILES string of the molecule is CCCCCCCCCCCCCCCCCCC/C=C/CC/C=C/CCCC(O)C(O)C(CO)NC(=O)C(O)CCCCCCCCCC. The van der Waals surface area contributed by atoms with Gasteiger partial charge in [0.2, 0.25) is 5.91 Å². The van der Waals surface area contributed by atoms with E-state index in [0.717, 1.165) is 38.5 Å². The van der Waals surface area contributed by atoms with Gasteiger partial charge >= 0.3 is 0 Å². The van der Waals surface area contributed by atoms with Crippen molar-refractivity contribution in [2.75, 3.05) is 6.61 Å². The van der Waals surface area contributed by atoms with E-state index in [0.29, 0.717) is 19.3 Å². The number of allylic oxidation sites excluding steroid dienone is 4. The maximum Gasteiger partial charge on any atom is 0.249 e. The van der Waals surface area contributed by atoms with Crippen LogP contribution in [0.3, 0.4) is 0 Å². The molecular formula is C44H85NO5. The number of hydrogen-bond acceptors (Lipinski definition) is 5. The van der Waals surface area contributed by atoms with E-state index in [1.807, 2.05) is 0 Å². The van der Waals surface area contributed by atoms with Crippen LogP contribution in [0.5, 0.6) is 0 Å². The van der Waals surface area contributed by atoms with Gasteiger partial charge in [-0.3, -0.25) is 4.79 Å². The summed E-state index contributed by atoms with van der Waals surface area (Å²) in [5.74, 6) is -0.601. The number of rotatable bonds is 39. The quantitative estimate of drug-likeness (QED) is 0.0323. The minimum Gasteiger partial charge on any atom is -0.394 e. The van der Waals surface area contributed by atoms with Gasteiger partial charge in [0.25, 0.3) is 0 Å². The minimum absolute atomic E-state index is 0.360.